The molecule has 5 heteroatoms. The van der Waals surface area contributed by atoms with Crippen molar-refractivity contribution in [2.45, 2.75) is 25.3 Å². The van der Waals surface area contributed by atoms with E-state index in [9.17, 15) is 4.79 Å². The van der Waals surface area contributed by atoms with Crippen LogP contribution in [0.3, 0.4) is 0 Å². The summed E-state index contributed by atoms with van der Waals surface area (Å²) >= 11 is 1.53. The number of carbonyl (C=O) groups excluding carboxylic acids is 1. The second-order valence-corrected chi connectivity index (χ2v) is 5.14. The Morgan fingerprint density at radius 3 is 2.81 bits per heavy atom. The van der Waals surface area contributed by atoms with Gasteiger partial charge in [0, 0.05) is 11.9 Å². The molecule has 1 aliphatic carbocycles. The molecule has 2 rings (SSSR count). The lowest BCUT2D eigenvalue weighted by molar-refractivity contribution is 0.0898. The summed E-state index contributed by atoms with van der Waals surface area (Å²) in [5.74, 6) is 0.557. The van der Waals surface area contributed by atoms with Gasteiger partial charge in [-0.15, -0.1) is 12.4 Å². The van der Waals surface area contributed by atoms with Crippen LogP contribution in [-0.2, 0) is 0 Å². The second-order valence-electron chi connectivity index (χ2n) is 4.36. The summed E-state index contributed by atoms with van der Waals surface area (Å²) in [6.07, 6.45) is 2.36. The Hall–Kier alpha value is -0.580. The molecule has 16 heavy (non-hydrogen) atoms. The van der Waals surface area contributed by atoms with Gasteiger partial charge in [0.05, 0.1) is 11.1 Å². The summed E-state index contributed by atoms with van der Waals surface area (Å²) in [4.78, 5) is 11.9. The van der Waals surface area contributed by atoms with Crippen LogP contribution in [0, 0.1) is 5.92 Å². The van der Waals surface area contributed by atoms with Crippen molar-refractivity contribution in [2.24, 2.45) is 11.7 Å². The Kier molecular flexibility index (Phi) is 4.35. The smallest absolute Gasteiger partial charge is 0.252 e. The molecule has 1 amide bonds. The SMILES string of the molecule is CC(CN)(NC(=O)c1ccsc1)C1CC1.Cl. The van der Waals surface area contributed by atoms with Gasteiger partial charge in [-0.05, 0) is 37.1 Å². The topological polar surface area (TPSA) is 55.1 Å². The number of hydrogen-bond acceptors (Lipinski definition) is 3. The highest BCUT2D eigenvalue weighted by Crippen LogP contribution is 2.39. The molecule has 1 aliphatic rings. The number of nitrogens with one attached hydrogen (secondary N) is 1. The van der Waals surface area contributed by atoms with Crippen molar-refractivity contribution >= 4 is 29.7 Å². The van der Waals surface area contributed by atoms with Crippen LogP contribution in [0.1, 0.15) is 30.1 Å². The van der Waals surface area contributed by atoms with E-state index >= 15 is 0 Å². The zero-order valence-electron chi connectivity index (χ0n) is 9.23. The highest BCUT2D eigenvalue weighted by molar-refractivity contribution is 7.08. The number of amides is 1. The highest BCUT2D eigenvalue weighted by Gasteiger charge is 2.41. The minimum Gasteiger partial charge on any atom is -0.345 e. The fourth-order valence-corrected chi connectivity index (χ4v) is 2.40. The Balaban J connectivity index is 0.00000128. The molecule has 1 unspecified atom stereocenters. The molecule has 0 spiro atoms. The summed E-state index contributed by atoms with van der Waals surface area (Å²) in [6, 6.07) is 1.84. The molecule has 1 aromatic rings. The van der Waals surface area contributed by atoms with Crippen LogP contribution in [0.2, 0.25) is 0 Å². The predicted octanol–water partition coefficient (Wildman–Crippen LogP) is 2.03. The Bertz CT molecular complexity index is 351. The van der Waals surface area contributed by atoms with Crippen molar-refractivity contribution in [3.63, 3.8) is 0 Å². The van der Waals surface area contributed by atoms with E-state index in [2.05, 4.69) is 5.32 Å². The van der Waals surface area contributed by atoms with Crippen LogP contribution in [0.4, 0.5) is 0 Å². The first-order valence-electron chi connectivity index (χ1n) is 5.20. The molecule has 0 aliphatic heterocycles. The maximum atomic E-state index is 11.9. The lowest BCUT2D eigenvalue weighted by Gasteiger charge is -2.29. The average Bonchev–Trinajstić information content (AvgIpc) is 2.94. The molecule has 0 bridgehead atoms. The zero-order chi connectivity index (χ0) is 10.9. The minimum absolute atomic E-state index is 0. The van der Waals surface area contributed by atoms with Gasteiger partial charge < -0.3 is 11.1 Å². The lowest BCUT2D eigenvalue weighted by Crippen LogP contribution is -2.53. The molecule has 1 saturated carbocycles. The molecule has 0 saturated heterocycles. The van der Waals surface area contributed by atoms with E-state index in [1.165, 1.54) is 24.2 Å². The highest BCUT2D eigenvalue weighted by atomic mass is 35.5. The van der Waals surface area contributed by atoms with Crippen LogP contribution >= 0.6 is 23.7 Å². The second kappa shape index (κ2) is 5.17. The van der Waals surface area contributed by atoms with Crippen molar-refractivity contribution in [1.82, 2.24) is 5.32 Å². The molecule has 1 atom stereocenters. The fourth-order valence-electron chi connectivity index (χ4n) is 1.77. The van der Waals surface area contributed by atoms with Crippen molar-refractivity contribution in [1.29, 1.82) is 0 Å². The van der Waals surface area contributed by atoms with Crippen LogP contribution in [0.5, 0.6) is 0 Å². The number of thiophene rings is 1. The van der Waals surface area contributed by atoms with E-state index in [1.54, 1.807) is 0 Å². The van der Waals surface area contributed by atoms with Gasteiger partial charge >= 0.3 is 0 Å². The third kappa shape index (κ3) is 2.75. The number of rotatable bonds is 4. The standard InChI is InChI=1S/C11H16N2OS.ClH/c1-11(7-12,9-2-3-9)13-10(14)8-4-5-15-6-8;/h4-6,9H,2-3,7,12H2,1H3,(H,13,14);1H. The number of carbonyl (C=O) groups is 1. The molecule has 1 aromatic heterocycles. The predicted molar refractivity (Wildman–Crippen MR) is 69.2 cm³/mol. The number of hydrogen-bond donors (Lipinski definition) is 2. The molecular weight excluding hydrogens is 244 g/mol. The van der Waals surface area contributed by atoms with Gasteiger partial charge in [-0.25, -0.2) is 0 Å². The fraction of sp³-hybridized carbons (Fsp3) is 0.545. The van der Waals surface area contributed by atoms with Gasteiger partial charge in [-0.3, -0.25) is 4.79 Å². The summed E-state index contributed by atoms with van der Waals surface area (Å²) in [7, 11) is 0. The summed E-state index contributed by atoms with van der Waals surface area (Å²) < 4.78 is 0. The first-order valence-corrected chi connectivity index (χ1v) is 6.15. The number of halogens is 1. The molecule has 1 fully saturated rings. The van der Waals surface area contributed by atoms with E-state index in [0.29, 0.717) is 12.5 Å². The molecule has 3 nitrogen and oxygen atoms in total. The lowest BCUT2D eigenvalue weighted by atomic mass is 9.95. The molecule has 90 valence electrons. The van der Waals surface area contributed by atoms with Crippen molar-refractivity contribution < 1.29 is 4.79 Å². The van der Waals surface area contributed by atoms with Crippen LogP contribution in [0.15, 0.2) is 16.8 Å². The molecule has 0 radical (unpaired) electrons. The Labute approximate surface area is 106 Å². The van der Waals surface area contributed by atoms with Gasteiger partial charge in [0.2, 0.25) is 0 Å². The summed E-state index contributed by atoms with van der Waals surface area (Å²) in [6.45, 7) is 2.54. The van der Waals surface area contributed by atoms with E-state index in [4.69, 9.17) is 5.73 Å². The van der Waals surface area contributed by atoms with E-state index in [1.807, 2.05) is 23.8 Å². The Morgan fingerprint density at radius 1 is 1.69 bits per heavy atom. The average molecular weight is 261 g/mol. The normalized spacial score (nSPS) is 18.4. The number of nitrogens with two attached hydrogens (primary N) is 1. The van der Waals surface area contributed by atoms with Crippen LogP contribution < -0.4 is 11.1 Å². The summed E-state index contributed by atoms with van der Waals surface area (Å²) in [5.41, 5.74) is 6.25. The van der Waals surface area contributed by atoms with E-state index < -0.39 is 0 Å². The van der Waals surface area contributed by atoms with Crippen molar-refractivity contribution in [3.8, 4) is 0 Å². The minimum atomic E-state index is -0.223. The Morgan fingerprint density at radius 2 is 2.38 bits per heavy atom. The van der Waals surface area contributed by atoms with E-state index in [-0.39, 0.29) is 23.9 Å². The third-order valence-corrected chi connectivity index (χ3v) is 3.77. The van der Waals surface area contributed by atoms with Gasteiger partial charge in [-0.1, -0.05) is 0 Å². The summed E-state index contributed by atoms with van der Waals surface area (Å²) in [5, 5.41) is 6.82. The van der Waals surface area contributed by atoms with Gasteiger partial charge in [0.15, 0.2) is 0 Å². The van der Waals surface area contributed by atoms with Gasteiger partial charge in [0.1, 0.15) is 0 Å². The van der Waals surface area contributed by atoms with Crippen molar-refractivity contribution in [3.05, 3.63) is 22.4 Å². The maximum absolute atomic E-state index is 11.9. The quantitative estimate of drug-likeness (QED) is 0.870. The van der Waals surface area contributed by atoms with E-state index in [0.717, 1.165) is 5.56 Å². The van der Waals surface area contributed by atoms with Crippen LogP contribution in [-0.4, -0.2) is 18.0 Å². The molecule has 0 aromatic carbocycles. The van der Waals surface area contributed by atoms with Crippen LogP contribution in [0.25, 0.3) is 0 Å². The molecular formula is C11H17ClN2OS. The monoisotopic (exact) mass is 260 g/mol. The van der Waals surface area contributed by atoms with Crippen molar-refractivity contribution in [2.75, 3.05) is 6.54 Å². The van der Waals surface area contributed by atoms with Gasteiger partial charge in [0.25, 0.3) is 5.91 Å². The zero-order valence-corrected chi connectivity index (χ0v) is 10.9. The molecule has 3 N–H and O–H groups in total. The van der Waals surface area contributed by atoms with Gasteiger partial charge in [-0.2, -0.15) is 11.3 Å². The largest absolute Gasteiger partial charge is 0.345 e. The third-order valence-electron chi connectivity index (χ3n) is 3.08. The molecule has 1 heterocycles. The first kappa shape index (κ1) is 13.5. The maximum Gasteiger partial charge on any atom is 0.252 e. The first-order chi connectivity index (χ1) is 7.15.